The SMILES string of the molecule is NC(Cc1cc(Cl)ccc1F)C1CCCCCCC1. The third-order valence-electron chi connectivity index (χ3n) is 4.22. The molecule has 0 amide bonds. The average Bonchev–Trinajstić information content (AvgIpc) is 2.33. The van der Waals surface area contributed by atoms with Crippen LogP contribution in [0.4, 0.5) is 4.39 Å². The Kier molecular flexibility index (Phi) is 5.65. The van der Waals surface area contributed by atoms with Gasteiger partial charge in [-0.15, -0.1) is 0 Å². The van der Waals surface area contributed by atoms with Crippen molar-refractivity contribution in [3.05, 3.63) is 34.6 Å². The van der Waals surface area contributed by atoms with E-state index >= 15 is 0 Å². The number of benzene rings is 1. The molecule has 0 aliphatic heterocycles. The minimum absolute atomic E-state index is 0.0473. The summed E-state index contributed by atoms with van der Waals surface area (Å²) >= 11 is 5.93. The van der Waals surface area contributed by atoms with E-state index in [1.54, 1.807) is 12.1 Å². The molecule has 1 atom stereocenters. The lowest BCUT2D eigenvalue weighted by Gasteiger charge is -2.26. The van der Waals surface area contributed by atoms with Gasteiger partial charge in [0.25, 0.3) is 0 Å². The zero-order valence-electron chi connectivity index (χ0n) is 11.4. The highest BCUT2D eigenvalue weighted by Crippen LogP contribution is 2.26. The summed E-state index contributed by atoms with van der Waals surface area (Å²) < 4.78 is 13.7. The van der Waals surface area contributed by atoms with Crippen molar-refractivity contribution < 1.29 is 4.39 Å². The molecule has 1 saturated carbocycles. The van der Waals surface area contributed by atoms with Crippen LogP contribution in [-0.2, 0) is 6.42 Å². The molecule has 106 valence electrons. The monoisotopic (exact) mass is 283 g/mol. The second-order valence-corrected chi connectivity index (χ2v) is 6.15. The molecule has 0 spiro atoms. The fourth-order valence-electron chi connectivity index (χ4n) is 3.04. The first-order valence-electron chi connectivity index (χ1n) is 7.36. The summed E-state index contributed by atoms with van der Waals surface area (Å²) in [5.41, 5.74) is 6.96. The summed E-state index contributed by atoms with van der Waals surface area (Å²) in [6.45, 7) is 0. The molecule has 2 rings (SSSR count). The number of hydrogen-bond acceptors (Lipinski definition) is 1. The van der Waals surface area contributed by atoms with Crippen molar-refractivity contribution in [2.24, 2.45) is 11.7 Å². The maximum absolute atomic E-state index is 13.7. The standard InChI is InChI=1S/C16H23ClFN/c17-14-8-9-15(18)13(10-14)11-16(19)12-6-4-2-1-3-5-7-12/h8-10,12,16H,1-7,11,19H2. The molecule has 1 fully saturated rings. The predicted octanol–water partition coefficient (Wildman–Crippen LogP) is 4.71. The largest absolute Gasteiger partial charge is 0.327 e. The van der Waals surface area contributed by atoms with Gasteiger partial charge in [-0.1, -0.05) is 43.7 Å². The summed E-state index contributed by atoms with van der Waals surface area (Å²) in [6, 6.07) is 4.77. The van der Waals surface area contributed by atoms with Crippen molar-refractivity contribution in [1.82, 2.24) is 0 Å². The highest BCUT2D eigenvalue weighted by molar-refractivity contribution is 6.30. The van der Waals surface area contributed by atoms with Crippen LogP contribution in [0.15, 0.2) is 18.2 Å². The van der Waals surface area contributed by atoms with Crippen LogP contribution in [0.5, 0.6) is 0 Å². The summed E-state index contributed by atoms with van der Waals surface area (Å²) in [5, 5.41) is 0.585. The Morgan fingerprint density at radius 3 is 2.47 bits per heavy atom. The van der Waals surface area contributed by atoms with Gasteiger partial charge in [0.05, 0.1) is 0 Å². The van der Waals surface area contributed by atoms with Gasteiger partial charge in [-0.2, -0.15) is 0 Å². The van der Waals surface area contributed by atoms with E-state index in [1.165, 1.54) is 51.0 Å². The van der Waals surface area contributed by atoms with E-state index in [0.29, 0.717) is 22.9 Å². The molecule has 0 saturated heterocycles. The average molecular weight is 284 g/mol. The van der Waals surface area contributed by atoms with Crippen molar-refractivity contribution in [3.8, 4) is 0 Å². The Labute approximate surface area is 120 Å². The van der Waals surface area contributed by atoms with Gasteiger partial charge >= 0.3 is 0 Å². The molecule has 1 aromatic rings. The Bertz CT molecular complexity index is 400. The Balaban J connectivity index is 1.98. The normalized spacial score (nSPS) is 19.7. The Morgan fingerprint density at radius 2 is 1.79 bits per heavy atom. The molecule has 0 bridgehead atoms. The van der Waals surface area contributed by atoms with Gasteiger partial charge in [-0.25, -0.2) is 4.39 Å². The van der Waals surface area contributed by atoms with Gasteiger partial charge in [-0.05, 0) is 48.9 Å². The van der Waals surface area contributed by atoms with Gasteiger partial charge < -0.3 is 5.73 Å². The van der Waals surface area contributed by atoms with E-state index in [2.05, 4.69) is 0 Å². The Morgan fingerprint density at radius 1 is 1.16 bits per heavy atom. The van der Waals surface area contributed by atoms with E-state index < -0.39 is 0 Å². The topological polar surface area (TPSA) is 26.0 Å². The molecular weight excluding hydrogens is 261 g/mol. The van der Waals surface area contributed by atoms with Crippen LogP contribution in [0, 0.1) is 11.7 Å². The molecule has 19 heavy (non-hydrogen) atoms. The van der Waals surface area contributed by atoms with Crippen molar-refractivity contribution in [3.63, 3.8) is 0 Å². The first kappa shape index (κ1) is 14.8. The smallest absolute Gasteiger partial charge is 0.126 e. The van der Waals surface area contributed by atoms with Crippen LogP contribution < -0.4 is 5.73 Å². The first-order valence-corrected chi connectivity index (χ1v) is 7.74. The second-order valence-electron chi connectivity index (χ2n) is 5.71. The molecule has 1 aliphatic carbocycles. The summed E-state index contributed by atoms with van der Waals surface area (Å²) in [6.07, 6.45) is 9.46. The molecule has 1 aliphatic rings. The lowest BCUT2D eigenvalue weighted by molar-refractivity contribution is 0.320. The van der Waals surface area contributed by atoms with Gasteiger partial charge in [0.1, 0.15) is 5.82 Å². The van der Waals surface area contributed by atoms with Gasteiger partial charge in [0, 0.05) is 11.1 Å². The van der Waals surface area contributed by atoms with Crippen molar-refractivity contribution in [2.75, 3.05) is 0 Å². The maximum Gasteiger partial charge on any atom is 0.126 e. The number of nitrogens with two attached hydrogens (primary N) is 1. The molecule has 0 heterocycles. The van der Waals surface area contributed by atoms with E-state index in [1.807, 2.05) is 0 Å². The van der Waals surface area contributed by atoms with Crippen LogP contribution in [-0.4, -0.2) is 6.04 Å². The third kappa shape index (κ3) is 4.47. The van der Waals surface area contributed by atoms with Crippen LogP contribution in [0.3, 0.4) is 0 Å². The molecule has 0 aromatic heterocycles. The quantitative estimate of drug-likeness (QED) is 0.854. The van der Waals surface area contributed by atoms with Crippen LogP contribution in [0.1, 0.15) is 50.5 Å². The van der Waals surface area contributed by atoms with Crippen LogP contribution in [0.25, 0.3) is 0 Å². The molecule has 2 N–H and O–H groups in total. The zero-order valence-corrected chi connectivity index (χ0v) is 12.1. The highest BCUT2D eigenvalue weighted by atomic mass is 35.5. The number of halogens is 2. The van der Waals surface area contributed by atoms with Crippen LogP contribution >= 0.6 is 11.6 Å². The fraction of sp³-hybridized carbons (Fsp3) is 0.625. The van der Waals surface area contributed by atoms with Crippen molar-refractivity contribution in [1.29, 1.82) is 0 Å². The van der Waals surface area contributed by atoms with Crippen molar-refractivity contribution in [2.45, 2.75) is 57.4 Å². The molecule has 1 unspecified atom stereocenters. The zero-order chi connectivity index (χ0) is 13.7. The van der Waals surface area contributed by atoms with E-state index in [4.69, 9.17) is 17.3 Å². The third-order valence-corrected chi connectivity index (χ3v) is 4.45. The number of hydrogen-bond donors (Lipinski definition) is 1. The van der Waals surface area contributed by atoms with Crippen molar-refractivity contribution >= 4 is 11.6 Å². The fourth-order valence-corrected chi connectivity index (χ4v) is 3.23. The second kappa shape index (κ2) is 7.25. The molecule has 1 aromatic carbocycles. The van der Waals surface area contributed by atoms with E-state index in [9.17, 15) is 4.39 Å². The Hall–Kier alpha value is -0.600. The molecule has 3 heteroatoms. The first-order chi connectivity index (χ1) is 9.16. The maximum atomic E-state index is 13.7. The summed E-state index contributed by atoms with van der Waals surface area (Å²) in [5.74, 6) is 0.337. The van der Waals surface area contributed by atoms with E-state index in [0.717, 1.165) is 0 Å². The van der Waals surface area contributed by atoms with E-state index in [-0.39, 0.29) is 11.9 Å². The number of rotatable bonds is 3. The van der Waals surface area contributed by atoms with Gasteiger partial charge in [0.2, 0.25) is 0 Å². The highest BCUT2D eigenvalue weighted by Gasteiger charge is 2.20. The van der Waals surface area contributed by atoms with Gasteiger partial charge in [0.15, 0.2) is 0 Å². The van der Waals surface area contributed by atoms with Crippen LogP contribution in [0.2, 0.25) is 5.02 Å². The lowest BCUT2D eigenvalue weighted by atomic mass is 9.84. The minimum Gasteiger partial charge on any atom is -0.327 e. The summed E-state index contributed by atoms with van der Waals surface area (Å²) in [4.78, 5) is 0. The lowest BCUT2D eigenvalue weighted by Crippen LogP contribution is -2.33. The molecular formula is C16H23ClFN. The molecule has 0 radical (unpaired) electrons. The van der Waals surface area contributed by atoms with Gasteiger partial charge in [-0.3, -0.25) is 0 Å². The molecule has 1 nitrogen and oxygen atoms in total. The minimum atomic E-state index is -0.189. The predicted molar refractivity (Wildman–Crippen MR) is 78.9 cm³/mol. The summed E-state index contributed by atoms with van der Waals surface area (Å²) in [7, 11) is 0.